The lowest BCUT2D eigenvalue weighted by Crippen LogP contribution is -1.96. The van der Waals surface area contributed by atoms with Gasteiger partial charge in [-0.3, -0.25) is 0 Å². The molecule has 98 valence electrons. The number of carboxylic acids is 1. The molecule has 0 aliphatic carbocycles. The van der Waals surface area contributed by atoms with Crippen LogP contribution < -0.4 is 4.74 Å². The minimum atomic E-state index is -1.02. The normalized spacial score (nSPS) is 10.2. The molecule has 0 bridgehead atoms. The van der Waals surface area contributed by atoms with Crippen molar-refractivity contribution >= 4 is 29.3 Å². The summed E-state index contributed by atoms with van der Waals surface area (Å²) in [5.41, 5.74) is 0.134. The van der Waals surface area contributed by atoms with Gasteiger partial charge < -0.3 is 9.84 Å². The molecule has 0 atom stereocenters. The van der Waals surface area contributed by atoms with Crippen LogP contribution in [-0.4, -0.2) is 17.3 Å². The molecule has 0 spiro atoms. The molecule has 0 heterocycles. The number of hydrogen-bond acceptors (Lipinski definition) is 3. The standard InChI is InChI=1S/C14H11ClO3S/c1-19-11-5-3-10(4-6-11)18-13-7-2-9(14(16)17)8-12(13)15/h2-8H,1H3,(H,16,17). The van der Waals surface area contributed by atoms with Crippen molar-refractivity contribution in [2.75, 3.05) is 6.26 Å². The van der Waals surface area contributed by atoms with Crippen LogP contribution in [0.4, 0.5) is 0 Å². The number of benzene rings is 2. The van der Waals surface area contributed by atoms with Crippen molar-refractivity contribution in [3.63, 3.8) is 0 Å². The molecule has 0 saturated heterocycles. The van der Waals surface area contributed by atoms with Crippen LogP contribution in [0.1, 0.15) is 10.4 Å². The maximum atomic E-state index is 10.8. The summed E-state index contributed by atoms with van der Waals surface area (Å²) in [4.78, 5) is 11.9. The fourth-order valence-electron chi connectivity index (χ4n) is 1.49. The summed E-state index contributed by atoms with van der Waals surface area (Å²) in [5, 5.41) is 9.12. The maximum absolute atomic E-state index is 10.8. The Labute approximate surface area is 120 Å². The van der Waals surface area contributed by atoms with Gasteiger partial charge in [-0.25, -0.2) is 4.79 Å². The fraction of sp³-hybridized carbons (Fsp3) is 0.0714. The molecule has 0 radical (unpaired) electrons. The van der Waals surface area contributed by atoms with Crippen molar-refractivity contribution in [2.45, 2.75) is 4.90 Å². The van der Waals surface area contributed by atoms with Gasteiger partial charge in [0.1, 0.15) is 11.5 Å². The Morgan fingerprint density at radius 1 is 1.21 bits per heavy atom. The average molecular weight is 295 g/mol. The van der Waals surface area contributed by atoms with Crippen LogP contribution >= 0.6 is 23.4 Å². The first kappa shape index (κ1) is 13.8. The van der Waals surface area contributed by atoms with E-state index in [2.05, 4.69) is 0 Å². The number of carboxylic acid groups (broad SMARTS) is 1. The van der Waals surface area contributed by atoms with Gasteiger partial charge in [-0.15, -0.1) is 11.8 Å². The van der Waals surface area contributed by atoms with Gasteiger partial charge in [-0.2, -0.15) is 0 Å². The Morgan fingerprint density at radius 2 is 1.89 bits per heavy atom. The lowest BCUT2D eigenvalue weighted by molar-refractivity contribution is 0.0697. The number of aromatic carboxylic acids is 1. The zero-order valence-electron chi connectivity index (χ0n) is 10.1. The molecule has 0 amide bonds. The minimum Gasteiger partial charge on any atom is -0.478 e. The maximum Gasteiger partial charge on any atom is 0.335 e. The molecule has 0 aliphatic heterocycles. The largest absolute Gasteiger partial charge is 0.478 e. The van der Waals surface area contributed by atoms with Crippen LogP contribution in [0, 0.1) is 0 Å². The first-order valence-corrected chi connectivity index (χ1v) is 7.05. The number of carbonyl (C=O) groups is 1. The van der Waals surface area contributed by atoms with Gasteiger partial charge in [-0.1, -0.05) is 11.6 Å². The molecule has 19 heavy (non-hydrogen) atoms. The highest BCUT2D eigenvalue weighted by Crippen LogP contribution is 2.31. The Hall–Kier alpha value is -1.65. The zero-order valence-corrected chi connectivity index (χ0v) is 11.7. The summed E-state index contributed by atoms with van der Waals surface area (Å²) >= 11 is 7.63. The average Bonchev–Trinajstić information content (AvgIpc) is 2.41. The summed E-state index contributed by atoms with van der Waals surface area (Å²) in [6.45, 7) is 0. The molecule has 5 heteroatoms. The van der Waals surface area contributed by atoms with Gasteiger partial charge in [0, 0.05) is 4.90 Å². The van der Waals surface area contributed by atoms with Crippen LogP contribution in [0.3, 0.4) is 0 Å². The summed E-state index contributed by atoms with van der Waals surface area (Å²) in [5.74, 6) is 0.0733. The summed E-state index contributed by atoms with van der Waals surface area (Å²) < 4.78 is 5.61. The van der Waals surface area contributed by atoms with E-state index in [4.69, 9.17) is 21.4 Å². The minimum absolute atomic E-state index is 0.134. The number of thioether (sulfide) groups is 1. The Morgan fingerprint density at radius 3 is 2.42 bits per heavy atom. The lowest BCUT2D eigenvalue weighted by atomic mass is 10.2. The third kappa shape index (κ3) is 3.43. The van der Waals surface area contributed by atoms with Gasteiger partial charge in [0.2, 0.25) is 0 Å². The van der Waals surface area contributed by atoms with E-state index in [1.807, 2.05) is 30.5 Å². The van der Waals surface area contributed by atoms with E-state index >= 15 is 0 Å². The Bertz CT molecular complexity index is 596. The monoisotopic (exact) mass is 294 g/mol. The topological polar surface area (TPSA) is 46.5 Å². The molecule has 2 aromatic rings. The second kappa shape index (κ2) is 5.99. The second-order valence-electron chi connectivity index (χ2n) is 3.73. The fourth-order valence-corrected chi connectivity index (χ4v) is 2.11. The molecular weight excluding hydrogens is 284 g/mol. The molecular formula is C14H11ClO3S. The number of halogens is 1. The third-order valence-electron chi connectivity index (χ3n) is 2.47. The van der Waals surface area contributed by atoms with E-state index in [0.29, 0.717) is 11.5 Å². The number of ether oxygens (including phenoxy) is 1. The molecule has 2 aromatic carbocycles. The van der Waals surface area contributed by atoms with Gasteiger partial charge in [0.05, 0.1) is 10.6 Å². The quantitative estimate of drug-likeness (QED) is 0.840. The number of hydrogen-bond donors (Lipinski definition) is 1. The third-order valence-corrected chi connectivity index (χ3v) is 3.51. The van der Waals surface area contributed by atoms with Crippen molar-refractivity contribution < 1.29 is 14.6 Å². The van der Waals surface area contributed by atoms with E-state index in [0.717, 1.165) is 4.90 Å². The summed E-state index contributed by atoms with van der Waals surface area (Å²) in [6, 6.07) is 11.9. The lowest BCUT2D eigenvalue weighted by Gasteiger charge is -2.08. The van der Waals surface area contributed by atoms with Crippen LogP contribution in [0.15, 0.2) is 47.4 Å². The van der Waals surface area contributed by atoms with Crippen molar-refractivity contribution in [1.82, 2.24) is 0 Å². The summed E-state index contributed by atoms with van der Waals surface area (Å²) in [7, 11) is 0. The van der Waals surface area contributed by atoms with Crippen molar-refractivity contribution in [2.24, 2.45) is 0 Å². The van der Waals surface area contributed by atoms with Gasteiger partial charge in [-0.05, 0) is 48.7 Å². The van der Waals surface area contributed by atoms with E-state index in [1.165, 1.54) is 12.1 Å². The molecule has 3 nitrogen and oxygen atoms in total. The molecule has 0 unspecified atom stereocenters. The highest BCUT2D eigenvalue weighted by Gasteiger charge is 2.08. The van der Waals surface area contributed by atoms with Crippen molar-refractivity contribution in [3.8, 4) is 11.5 Å². The Kier molecular flexibility index (Phi) is 4.35. The predicted octanol–water partition coefficient (Wildman–Crippen LogP) is 4.55. The van der Waals surface area contributed by atoms with Gasteiger partial charge in [0.15, 0.2) is 0 Å². The molecule has 1 N–H and O–H groups in total. The van der Waals surface area contributed by atoms with Gasteiger partial charge >= 0.3 is 5.97 Å². The first-order valence-electron chi connectivity index (χ1n) is 5.45. The highest BCUT2D eigenvalue weighted by atomic mass is 35.5. The predicted molar refractivity (Wildman–Crippen MR) is 76.7 cm³/mol. The molecule has 2 rings (SSSR count). The number of rotatable bonds is 4. The van der Waals surface area contributed by atoms with E-state index < -0.39 is 5.97 Å². The van der Waals surface area contributed by atoms with Crippen LogP contribution in [-0.2, 0) is 0 Å². The van der Waals surface area contributed by atoms with Crippen LogP contribution in [0.2, 0.25) is 5.02 Å². The second-order valence-corrected chi connectivity index (χ2v) is 5.01. The van der Waals surface area contributed by atoms with Crippen LogP contribution in [0.5, 0.6) is 11.5 Å². The van der Waals surface area contributed by atoms with E-state index in [-0.39, 0.29) is 10.6 Å². The molecule has 0 saturated carbocycles. The Balaban J connectivity index is 2.20. The molecule has 0 aliphatic rings. The van der Waals surface area contributed by atoms with E-state index in [1.54, 1.807) is 17.8 Å². The van der Waals surface area contributed by atoms with E-state index in [9.17, 15) is 4.79 Å². The summed E-state index contributed by atoms with van der Waals surface area (Å²) in [6.07, 6.45) is 2.00. The van der Waals surface area contributed by atoms with Gasteiger partial charge in [0.25, 0.3) is 0 Å². The first-order chi connectivity index (χ1) is 9.10. The van der Waals surface area contributed by atoms with Crippen molar-refractivity contribution in [1.29, 1.82) is 0 Å². The smallest absolute Gasteiger partial charge is 0.335 e. The highest BCUT2D eigenvalue weighted by molar-refractivity contribution is 7.98. The molecule has 0 fully saturated rings. The zero-order chi connectivity index (χ0) is 13.8. The SMILES string of the molecule is CSc1ccc(Oc2ccc(C(=O)O)cc2Cl)cc1. The van der Waals surface area contributed by atoms with Crippen molar-refractivity contribution in [3.05, 3.63) is 53.1 Å². The van der Waals surface area contributed by atoms with Crippen LogP contribution in [0.25, 0.3) is 0 Å². The molecule has 0 aromatic heterocycles.